The molecule has 6 nitrogen and oxygen atoms in total. The van der Waals surface area contributed by atoms with Gasteiger partial charge in [-0.05, 0) is 48.4 Å². The van der Waals surface area contributed by atoms with E-state index in [2.05, 4.69) is 10.2 Å². The van der Waals surface area contributed by atoms with Crippen molar-refractivity contribution in [1.82, 2.24) is 15.1 Å². The number of H-pyrrole nitrogens is 1. The Bertz CT molecular complexity index is 979. The highest BCUT2D eigenvalue weighted by Gasteiger charge is 2.41. The van der Waals surface area contributed by atoms with E-state index in [1.54, 1.807) is 25.3 Å². The molecule has 2 aromatic carbocycles. The Morgan fingerprint density at radius 3 is 2.67 bits per heavy atom. The Kier molecular flexibility index (Phi) is 4.32. The Balaban J connectivity index is 1.86. The molecule has 1 aliphatic rings. The third-order valence-corrected chi connectivity index (χ3v) is 4.88. The normalized spacial score (nSPS) is 15.9. The molecule has 2 heterocycles. The van der Waals surface area contributed by atoms with Gasteiger partial charge in [0, 0.05) is 17.7 Å². The molecule has 0 unspecified atom stereocenters. The topological polar surface area (TPSA) is 78.5 Å². The smallest absolute Gasteiger partial charge is 0.273 e. The van der Waals surface area contributed by atoms with Gasteiger partial charge in [0.15, 0.2) is 0 Å². The first-order chi connectivity index (χ1) is 13.1. The van der Waals surface area contributed by atoms with Crippen molar-refractivity contribution in [3.05, 3.63) is 65.4 Å². The summed E-state index contributed by atoms with van der Waals surface area (Å²) in [4.78, 5) is 14.8. The second kappa shape index (κ2) is 6.79. The third-order valence-electron chi connectivity index (χ3n) is 4.88. The predicted octanol–water partition coefficient (Wildman–Crippen LogP) is 3.75. The van der Waals surface area contributed by atoms with E-state index >= 15 is 0 Å². The van der Waals surface area contributed by atoms with Crippen molar-refractivity contribution >= 4 is 5.91 Å². The summed E-state index contributed by atoms with van der Waals surface area (Å²) in [6, 6.07) is 14.4. The zero-order valence-corrected chi connectivity index (χ0v) is 15.3. The second-order valence-electron chi connectivity index (χ2n) is 6.59. The number of amides is 1. The van der Waals surface area contributed by atoms with Crippen molar-refractivity contribution in [2.24, 2.45) is 0 Å². The largest absolute Gasteiger partial charge is 0.508 e. The molecule has 1 aliphatic heterocycles. The van der Waals surface area contributed by atoms with Crippen LogP contribution in [-0.4, -0.2) is 39.8 Å². The van der Waals surface area contributed by atoms with Crippen LogP contribution in [0.4, 0.5) is 0 Å². The van der Waals surface area contributed by atoms with Gasteiger partial charge in [0.05, 0.1) is 18.8 Å². The Labute approximate surface area is 157 Å². The highest BCUT2D eigenvalue weighted by atomic mass is 16.5. The lowest BCUT2D eigenvalue weighted by Gasteiger charge is -2.26. The maximum atomic E-state index is 13.0. The van der Waals surface area contributed by atoms with Crippen molar-refractivity contribution < 1.29 is 14.6 Å². The summed E-state index contributed by atoms with van der Waals surface area (Å²) in [5.74, 6) is 0.881. The molecule has 1 amide bonds. The number of hydrogen-bond acceptors (Lipinski definition) is 4. The first-order valence-electron chi connectivity index (χ1n) is 8.96. The lowest BCUT2D eigenvalue weighted by molar-refractivity contribution is 0.0743. The number of aromatic amines is 1. The number of phenolic OH excluding ortho intramolecular Hbond substituents is 1. The number of aromatic hydroxyl groups is 1. The maximum absolute atomic E-state index is 13.0. The molecule has 2 N–H and O–H groups in total. The molecule has 0 saturated heterocycles. The Hall–Kier alpha value is -3.28. The van der Waals surface area contributed by atoms with Crippen LogP contribution in [0.5, 0.6) is 11.5 Å². The number of hydrogen-bond donors (Lipinski definition) is 2. The number of methoxy groups -OCH3 is 1. The van der Waals surface area contributed by atoms with Gasteiger partial charge in [-0.3, -0.25) is 9.89 Å². The van der Waals surface area contributed by atoms with Gasteiger partial charge in [-0.15, -0.1) is 0 Å². The monoisotopic (exact) mass is 363 g/mol. The molecule has 0 fully saturated rings. The first-order valence-corrected chi connectivity index (χ1v) is 8.96. The minimum absolute atomic E-state index is 0.0625. The average molecular weight is 363 g/mol. The minimum atomic E-state index is -0.282. The van der Waals surface area contributed by atoms with E-state index in [1.165, 1.54) is 0 Å². The number of carbonyl (C=O) groups is 1. The molecule has 1 atom stereocenters. The SMILES string of the molecule is CCCN1C(=O)c2[nH]nc(-c3ccc(OC)cc3)c2[C@@H]1c1cccc(O)c1. The molecule has 6 heteroatoms. The van der Waals surface area contributed by atoms with Gasteiger partial charge in [-0.2, -0.15) is 5.10 Å². The number of phenols is 1. The van der Waals surface area contributed by atoms with Crippen LogP contribution in [0, 0.1) is 0 Å². The van der Waals surface area contributed by atoms with Gasteiger partial charge in [0.25, 0.3) is 5.91 Å². The van der Waals surface area contributed by atoms with Crippen molar-refractivity contribution in [2.75, 3.05) is 13.7 Å². The quantitative estimate of drug-likeness (QED) is 0.724. The fraction of sp³-hybridized carbons (Fsp3) is 0.238. The molecule has 0 saturated carbocycles. The van der Waals surface area contributed by atoms with Crippen molar-refractivity contribution in [1.29, 1.82) is 0 Å². The molecular formula is C21H21N3O3. The van der Waals surface area contributed by atoms with Crippen LogP contribution in [-0.2, 0) is 0 Å². The molecule has 27 heavy (non-hydrogen) atoms. The maximum Gasteiger partial charge on any atom is 0.273 e. The minimum Gasteiger partial charge on any atom is -0.508 e. The van der Waals surface area contributed by atoms with E-state index in [9.17, 15) is 9.90 Å². The van der Waals surface area contributed by atoms with Gasteiger partial charge in [0.1, 0.15) is 17.2 Å². The second-order valence-corrected chi connectivity index (χ2v) is 6.59. The highest BCUT2D eigenvalue weighted by Crippen LogP contribution is 2.43. The van der Waals surface area contributed by atoms with Crippen LogP contribution in [0.15, 0.2) is 48.5 Å². The highest BCUT2D eigenvalue weighted by molar-refractivity contribution is 6.00. The summed E-state index contributed by atoms with van der Waals surface area (Å²) in [6.45, 7) is 2.67. The average Bonchev–Trinajstić information content (AvgIpc) is 3.22. The molecule has 1 aromatic heterocycles. The van der Waals surface area contributed by atoms with Crippen molar-refractivity contribution in [3.63, 3.8) is 0 Å². The van der Waals surface area contributed by atoms with Gasteiger partial charge in [0.2, 0.25) is 0 Å². The number of rotatable bonds is 5. The lowest BCUT2D eigenvalue weighted by Crippen LogP contribution is -2.30. The van der Waals surface area contributed by atoms with Crippen LogP contribution in [0.25, 0.3) is 11.3 Å². The van der Waals surface area contributed by atoms with E-state index < -0.39 is 0 Å². The number of aromatic nitrogens is 2. The van der Waals surface area contributed by atoms with Gasteiger partial charge in [-0.25, -0.2) is 0 Å². The third kappa shape index (κ3) is 2.83. The molecular weight excluding hydrogens is 342 g/mol. The number of fused-ring (bicyclic) bond motifs is 1. The first kappa shape index (κ1) is 17.1. The van der Waals surface area contributed by atoms with E-state index in [0.717, 1.165) is 34.6 Å². The van der Waals surface area contributed by atoms with E-state index in [0.29, 0.717) is 12.2 Å². The van der Waals surface area contributed by atoms with E-state index in [1.807, 2.05) is 42.2 Å². The molecule has 138 valence electrons. The summed E-state index contributed by atoms with van der Waals surface area (Å²) < 4.78 is 5.23. The summed E-state index contributed by atoms with van der Waals surface area (Å²) in [5, 5.41) is 17.3. The van der Waals surface area contributed by atoms with Crippen LogP contribution in [0.3, 0.4) is 0 Å². The molecule has 0 bridgehead atoms. The fourth-order valence-corrected chi connectivity index (χ4v) is 3.68. The molecule has 0 aliphatic carbocycles. The Morgan fingerprint density at radius 2 is 2.00 bits per heavy atom. The molecule has 0 radical (unpaired) electrons. The lowest BCUT2D eigenvalue weighted by atomic mass is 9.96. The standard InChI is InChI=1S/C21H21N3O3/c1-3-11-24-20(14-5-4-6-15(25)12-14)17-18(22-23-19(17)21(24)26)13-7-9-16(27-2)10-8-13/h4-10,12,20,25H,3,11H2,1-2H3,(H,22,23)/t20-/m0/s1. The number of nitrogens with one attached hydrogen (secondary N) is 1. The van der Waals surface area contributed by atoms with Crippen LogP contribution >= 0.6 is 0 Å². The number of benzene rings is 2. The summed E-state index contributed by atoms with van der Waals surface area (Å²) in [5.41, 5.74) is 3.89. The summed E-state index contributed by atoms with van der Waals surface area (Å²) in [6.07, 6.45) is 0.844. The zero-order valence-electron chi connectivity index (χ0n) is 15.3. The Morgan fingerprint density at radius 1 is 1.22 bits per heavy atom. The van der Waals surface area contributed by atoms with Gasteiger partial charge < -0.3 is 14.7 Å². The molecule has 0 spiro atoms. The van der Waals surface area contributed by atoms with Crippen LogP contribution in [0.2, 0.25) is 0 Å². The van der Waals surface area contributed by atoms with Crippen LogP contribution in [0.1, 0.15) is 41.0 Å². The number of nitrogens with zero attached hydrogens (tertiary/aromatic N) is 2. The van der Waals surface area contributed by atoms with Gasteiger partial charge >= 0.3 is 0 Å². The molecule has 4 rings (SSSR count). The fourth-order valence-electron chi connectivity index (χ4n) is 3.68. The van der Waals surface area contributed by atoms with Crippen molar-refractivity contribution in [2.45, 2.75) is 19.4 Å². The molecule has 3 aromatic rings. The van der Waals surface area contributed by atoms with Gasteiger partial charge in [-0.1, -0.05) is 19.1 Å². The summed E-state index contributed by atoms with van der Waals surface area (Å²) >= 11 is 0. The zero-order chi connectivity index (χ0) is 19.0. The number of ether oxygens (including phenoxy) is 1. The predicted molar refractivity (Wildman–Crippen MR) is 102 cm³/mol. The summed E-state index contributed by atoms with van der Waals surface area (Å²) in [7, 11) is 1.63. The van der Waals surface area contributed by atoms with E-state index in [-0.39, 0.29) is 17.7 Å². The van der Waals surface area contributed by atoms with Crippen LogP contribution < -0.4 is 4.74 Å². The number of carbonyl (C=O) groups excluding carboxylic acids is 1. The van der Waals surface area contributed by atoms with E-state index in [4.69, 9.17) is 4.74 Å². The van der Waals surface area contributed by atoms with Crippen molar-refractivity contribution in [3.8, 4) is 22.8 Å².